The number of benzene rings is 1. The monoisotopic (exact) mass is 260 g/mol. The van der Waals surface area contributed by atoms with Gasteiger partial charge in [-0.15, -0.1) is 0 Å². The minimum absolute atomic E-state index is 0.726. The van der Waals surface area contributed by atoms with Crippen molar-refractivity contribution in [2.75, 3.05) is 19.9 Å². The molecule has 0 aliphatic rings. The van der Waals surface area contributed by atoms with Crippen LogP contribution in [0, 0.1) is 0 Å². The van der Waals surface area contributed by atoms with E-state index in [1.165, 1.54) is 5.56 Å². The van der Waals surface area contributed by atoms with Crippen molar-refractivity contribution in [1.82, 2.24) is 14.7 Å². The van der Waals surface area contributed by atoms with Crippen LogP contribution in [0.4, 0.5) is 5.69 Å². The van der Waals surface area contributed by atoms with Crippen LogP contribution in [0.25, 0.3) is 0 Å². The Balaban J connectivity index is 2.02. The highest BCUT2D eigenvalue weighted by Gasteiger charge is 2.05. The largest absolute Gasteiger partial charge is 0.497 e. The second kappa shape index (κ2) is 5.75. The molecule has 0 unspecified atom stereocenters. The lowest BCUT2D eigenvalue weighted by Gasteiger charge is -2.16. The number of nitrogens with two attached hydrogens (primary N) is 1. The highest BCUT2D eigenvalue weighted by atomic mass is 16.5. The molecule has 0 atom stereocenters. The van der Waals surface area contributed by atoms with Crippen LogP contribution in [0.5, 0.6) is 5.75 Å². The first-order chi connectivity index (χ1) is 9.06. The molecule has 0 saturated heterocycles. The van der Waals surface area contributed by atoms with Crippen molar-refractivity contribution in [3.63, 3.8) is 0 Å². The standard InChI is InChI=1S/C14H20N4O/c1-17(9-12-7-16-18(2)10-12)8-11-4-13(15)6-14(5-11)19-3/h4-7,10H,8-9,15H2,1-3H3. The fraction of sp³-hybridized carbons (Fsp3) is 0.357. The van der Waals surface area contributed by atoms with E-state index < -0.39 is 0 Å². The molecule has 2 aromatic rings. The molecular formula is C14H20N4O. The number of ether oxygens (including phenoxy) is 1. The third-order valence-electron chi connectivity index (χ3n) is 2.89. The van der Waals surface area contributed by atoms with Gasteiger partial charge in [-0.3, -0.25) is 9.58 Å². The molecule has 5 heteroatoms. The minimum atomic E-state index is 0.726. The molecule has 0 bridgehead atoms. The molecule has 0 aliphatic carbocycles. The van der Waals surface area contributed by atoms with Gasteiger partial charge in [0.25, 0.3) is 0 Å². The average molecular weight is 260 g/mol. The summed E-state index contributed by atoms with van der Waals surface area (Å²) in [7, 11) is 5.65. The molecule has 102 valence electrons. The Hall–Kier alpha value is -2.01. The lowest BCUT2D eigenvalue weighted by atomic mass is 10.1. The fourth-order valence-corrected chi connectivity index (χ4v) is 2.13. The highest BCUT2D eigenvalue weighted by molar-refractivity contribution is 5.47. The average Bonchev–Trinajstić information content (AvgIpc) is 2.73. The van der Waals surface area contributed by atoms with E-state index in [0.717, 1.165) is 30.1 Å². The fourth-order valence-electron chi connectivity index (χ4n) is 2.13. The van der Waals surface area contributed by atoms with Crippen LogP contribution >= 0.6 is 0 Å². The summed E-state index contributed by atoms with van der Waals surface area (Å²) in [6.07, 6.45) is 3.91. The summed E-state index contributed by atoms with van der Waals surface area (Å²) in [5.74, 6) is 0.796. The Morgan fingerprint density at radius 1 is 1.26 bits per heavy atom. The van der Waals surface area contributed by atoms with E-state index in [1.807, 2.05) is 42.3 Å². The SMILES string of the molecule is COc1cc(N)cc(CN(C)Cc2cnn(C)c2)c1. The van der Waals surface area contributed by atoms with Crippen LogP contribution in [0.2, 0.25) is 0 Å². The summed E-state index contributed by atoms with van der Waals surface area (Å²) >= 11 is 0. The van der Waals surface area contributed by atoms with Crippen molar-refractivity contribution in [2.45, 2.75) is 13.1 Å². The molecule has 0 radical (unpaired) electrons. The lowest BCUT2D eigenvalue weighted by Crippen LogP contribution is -2.17. The van der Waals surface area contributed by atoms with E-state index in [9.17, 15) is 0 Å². The molecule has 1 aromatic heterocycles. The summed E-state index contributed by atoms with van der Waals surface area (Å²) < 4.78 is 7.04. The Labute approximate surface area is 113 Å². The van der Waals surface area contributed by atoms with Gasteiger partial charge in [0.05, 0.1) is 13.3 Å². The van der Waals surface area contributed by atoms with Crippen molar-refractivity contribution in [2.24, 2.45) is 7.05 Å². The molecule has 0 spiro atoms. The zero-order chi connectivity index (χ0) is 13.8. The van der Waals surface area contributed by atoms with Crippen LogP contribution in [0.1, 0.15) is 11.1 Å². The van der Waals surface area contributed by atoms with Crippen LogP contribution in [0.15, 0.2) is 30.6 Å². The van der Waals surface area contributed by atoms with E-state index in [4.69, 9.17) is 10.5 Å². The summed E-state index contributed by atoms with van der Waals surface area (Å²) in [4.78, 5) is 2.21. The second-order valence-electron chi connectivity index (χ2n) is 4.81. The van der Waals surface area contributed by atoms with Gasteiger partial charge in [-0.1, -0.05) is 0 Å². The van der Waals surface area contributed by atoms with E-state index in [0.29, 0.717) is 0 Å². The maximum absolute atomic E-state index is 5.85. The van der Waals surface area contributed by atoms with Crippen LogP contribution < -0.4 is 10.5 Å². The number of aryl methyl sites for hydroxylation is 1. The predicted molar refractivity (Wildman–Crippen MR) is 75.8 cm³/mol. The first kappa shape index (κ1) is 13.4. The molecule has 0 saturated carbocycles. The van der Waals surface area contributed by atoms with Crippen molar-refractivity contribution in [3.05, 3.63) is 41.7 Å². The highest BCUT2D eigenvalue weighted by Crippen LogP contribution is 2.19. The van der Waals surface area contributed by atoms with Gasteiger partial charge in [0.15, 0.2) is 0 Å². The minimum Gasteiger partial charge on any atom is -0.497 e. The summed E-state index contributed by atoms with van der Waals surface area (Å²) in [6.45, 7) is 1.67. The van der Waals surface area contributed by atoms with Crippen LogP contribution in [0.3, 0.4) is 0 Å². The molecule has 0 aliphatic heterocycles. The lowest BCUT2D eigenvalue weighted by molar-refractivity contribution is 0.318. The van der Waals surface area contributed by atoms with Gasteiger partial charge in [-0.2, -0.15) is 5.10 Å². The quantitative estimate of drug-likeness (QED) is 0.830. The number of hydrogen-bond acceptors (Lipinski definition) is 4. The number of nitrogen functional groups attached to an aromatic ring is 1. The molecule has 5 nitrogen and oxygen atoms in total. The first-order valence-electron chi connectivity index (χ1n) is 6.16. The smallest absolute Gasteiger partial charge is 0.121 e. The molecule has 0 fully saturated rings. The zero-order valence-corrected chi connectivity index (χ0v) is 11.6. The van der Waals surface area contributed by atoms with Gasteiger partial charge in [0.2, 0.25) is 0 Å². The van der Waals surface area contributed by atoms with Gasteiger partial charge in [0.1, 0.15) is 5.75 Å². The number of nitrogens with zero attached hydrogens (tertiary/aromatic N) is 3. The molecule has 1 aromatic carbocycles. The van der Waals surface area contributed by atoms with E-state index >= 15 is 0 Å². The van der Waals surface area contributed by atoms with Gasteiger partial charge in [-0.05, 0) is 24.7 Å². The zero-order valence-electron chi connectivity index (χ0n) is 11.6. The Morgan fingerprint density at radius 3 is 2.63 bits per heavy atom. The molecule has 2 N–H and O–H groups in total. The summed E-state index contributed by atoms with van der Waals surface area (Å²) in [5.41, 5.74) is 8.92. The van der Waals surface area contributed by atoms with E-state index in [-0.39, 0.29) is 0 Å². The number of aromatic nitrogens is 2. The third-order valence-corrected chi connectivity index (χ3v) is 2.89. The van der Waals surface area contributed by atoms with E-state index in [2.05, 4.69) is 17.0 Å². The summed E-state index contributed by atoms with van der Waals surface area (Å²) in [6, 6.07) is 5.81. The number of rotatable bonds is 5. The van der Waals surface area contributed by atoms with Crippen molar-refractivity contribution in [1.29, 1.82) is 0 Å². The Kier molecular flexibility index (Phi) is 4.06. The molecular weight excluding hydrogens is 240 g/mol. The van der Waals surface area contributed by atoms with Crippen molar-refractivity contribution >= 4 is 5.69 Å². The van der Waals surface area contributed by atoms with Crippen LogP contribution in [-0.4, -0.2) is 28.8 Å². The first-order valence-corrected chi connectivity index (χ1v) is 6.16. The topological polar surface area (TPSA) is 56.3 Å². The number of methoxy groups -OCH3 is 1. The second-order valence-corrected chi connectivity index (χ2v) is 4.81. The summed E-state index contributed by atoms with van der Waals surface area (Å²) in [5, 5.41) is 4.17. The van der Waals surface area contributed by atoms with Gasteiger partial charge in [0, 0.05) is 43.7 Å². The third kappa shape index (κ3) is 3.72. The van der Waals surface area contributed by atoms with Gasteiger partial charge >= 0.3 is 0 Å². The molecule has 19 heavy (non-hydrogen) atoms. The van der Waals surface area contributed by atoms with Gasteiger partial charge < -0.3 is 10.5 Å². The molecule has 0 amide bonds. The maximum Gasteiger partial charge on any atom is 0.121 e. The number of anilines is 1. The van der Waals surface area contributed by atoms with Crippen molar-refractivity contribution < 1.29 is 4.74 Å². The number of hydrogen-bond donors (Lipinski definition) is 1. The Bertz CT molecular complexity index is 550. The Morgan fingerprint density at radius 2 is 2.00 bits per heavy atom. The molecule has 2 rings (SSSR count). The normalized spacial score (nSPS) is 10.9. The van der Waals surface area contributed by atoms with Gasteiger partial charge in [-0.25, -0.2) is 0 Å². The van der Waals surface area contributed by atoms with Crippen LogP contribution in [-0.2, 0) is 20.1 Å². The molecule has 1 heterocycles. The predicted octanol–water partition coefficient (Wildman–Crippen LogP) is 1.64. The maximum atomic E-state index is 5.85. The van der Waals surface area contributed by atoms with E-state index in [1.54, 1.807) is 7.11 Å². The van der Waals surface area contributed by atoms with Crippen molar-refractivity contribution in [3.8, 4) is 5.75 Å².